The highest BCUT2D eigenvalue weighted by Gasteiger charge is 2.20. The summed E-state index contributed by atoms with van der Waals surface area (Å²) >= 11 is 0. The van der Waals surface area contributed by atoms with E-state index in [9.17, 15) is 15.4 Å². The molecule has 0 unspecified atom stereocenters. The molecule has 0 radical (unpaired) electrons. The Kier molecular flexibility index (Phi) is 3.85. The van der Waals surface area contributed by atoms with Gasteiger partial charge in [0.25, 0.3) is 0 Å². The average molecular weight is 283 g/mol. The number of nitro groups is 1. The van der Waals surface area contributed by atoms with Crippen LogP contribution in [0.15, 0.2) is 24.3 Å². The highest BCUT2D eigenvalue weighted by Crippen LogP contribution is 2.36. The monoisotopic (exact) mass is 283 g/mol. The summed E-state index contributed by atoms with van der Waals surface area (Å²) in [5, 5.41) is 20.3. The van der Waals surface area contributed by atoms with E-state index in [1.165, 1.54) is 6.07 Å². The van der Waals surface area contributed by atoms with E-state index in [4.69, 9.17) is 4.74 Å². The van der Waals surface area contributed by atoms with Gasteiger partial charge in [0.05, 0.1) is 10.6 Å². The minimum absolute atomic E-state index is 0.133. The number of pyridine rings is 1. The predicted octanol–water partition coefficient (Wildman–Crippen LogP) is 3.58. The van der Waals surface area contributed by atoms with Crippen molar-refractivity contribution in [2.45, 2.75) is 20.8 Å². The maximum Gasteiger partial charge on any atom is 0.311 e. The van der Waals surface area contributed by atoms with Gasteiger partial charge in [0.2, 0.25) is 5.75 Å². The van der Waals surface area contributed by atoms with Gasteiger partial charge in [-0.15, -0.1) is 0 Å². The maximum atomic E-state index is 11.1. The number of nitriles is 1. The Morgan fingerprint density at radius 3 is 2.67 bits per heavy atom. The van der Waals surface area contributed by atoms with E-state index < -0.39 is 4.92 Å². The third-order valence-corrected chi connectivity index (χ3v) is 3.00. The smallest absolute Gasteiger partial charge is 0.311 e. The van der Waals surface area contributed by atoms with Crippen molar-refractivity contribution in [3.63, 3.8) is 0 Å². The van der Waals surface area contributed by atoms with E-state index in [2.05, 4.69) is 4.98 Å². The quantitative estimate of drug-likeness (QED) is 0.634. The van der Waals surface area contributed by atoms with E-state index in [1.54, 1.807) is 39.0 Å². The van der Waals surface area contributed by atoms with Crippen molar-refractivity contribution in [1.82, 2.24) is 4.98 Å². The van der Waals surface area contributed by atoms with E-state index in [0.717, 1.165) is 0 Å². The van der Waals surface area contributed by atoms with Crippen molar-refractivity contribution in [2.75, 3.05) is 0 Å². The molecular formula is C15H13N3O3. The van der Waals surface area contributed by atoms with Crippen LogP contribution in [0.2, 0.25) is 0 Å². The largest absolute Gasteiger partial charge is 0.448 e. The van der Waals surface area contributed by atoms with Crippen LogP contribution in [0, 0.1) is 42.2 Å². The molecule has 6 heteroatoms. The zero-order chi connectivity index (χ0) is 15.6. The normalized spacial score (nSPS) is 10.0. The molecule has 0 spiro atoms. The van der Waals surface area contributed by atoms with Crippen LogP contribution in [0.25, 0.3) is 0 Å². The number of para-hydroxylation sites is 1. The molecule has 0 aliphatic rings. The van der Waals surface area contributed by atoms with Crippen LogP contribution >= 0.6 is 0 Å². The van der Waals surface area contributed by atoms with E-state index >= 15 is 0 Å². The van der Waals surface area contributed by atoms with E-state index in [-0.39, 0.29) is 22.7 Å². The molecule has 0 amide bonds. The van der Waals surface area contributed by atoms with Crippen molar-refractivity contribution in [3.05, 3.63) is 56.9 Å². The Bertz CT molecular complexity index is 763. The fourth-order valence-corrected chi connectivity index (χ4v) is 2.03. The number of nitro benzene ring substituents is 1. The molecule has 2 rings (SSSR count). The van der Waals surface area contributed by atoms with Crippen molar-refractivity contribution in [3.8, 4) is 17.6 Å². The van der Waals surface area contributed by atoms with Crippen molar-refractivity contribution >= 4 is 5.69 Å². The summed E-state index contributed by atoms with van der Waals surface area (Å²) in [5.74, 6) is 0.420. The van der Waals surface area contributed by atoms with Gasteiger partial charge >= 0.3 is 5.69 Å². The summed E-state index contributed by atoms with van der Waals surface area (Å²) < 4.78 is 5.68. The second-order valence-corrected chi connectivity index (χ2v) is 4.62. The van der Waals surface area contributed by atoms with Gasteiger partial charge in [0.1, 0.15) is 17.4 Å². The lowest BCUT2D eigenvalue weighted by Crippen LogP contribution is -2.00. The molecule has 0 atom stereocenters. The number of benzene rings is 1. The second-order valence-electron chi connectivity index (χ2n) is 4.62. The van der Waals surface area contributed by atoms with Gasteiger partial charge < -0.3 is 4.74 Å². The zero-order valence-corrected chi connectivity index (χ0v) is 11.9. The standard InChI is InChI=1S/C15H13N3O3/c1-9-5-4-6-13(18(19)20)15(9)21-14-7-10(2)17-11(3)12(14)8-16/h4-7H,1-3H3. The molecule has 0 bridgehead atoms. The number of rotatable bonds is 3. The Balaban J connectivity index is 2.59. The molecule has 0 fully saturated rings. The summed E-state index contributed by atoms with van der Waals surface area (Å²) in [5.41, 5.74) is 1.98. The lowest BCUT2D eigenvalue weighted by atomic mass is 10.1. The summed E-state index contributed by atoms with van der Waals surface area (Å²) in [6.45, 7) is 5.19. The molecule has 0 saturated carbocycles. The van der Waals surface area contributed by atoms with Crippen molar-refractivity contribution in [2.24, 2.45) is 0 Å². The molecule has 21 heavy (non-hydrogen) atoms. The van der Waals surface area contributed by atoms with Crippen LogP contribution in [-0.4, -0.2) is 9.91 Å². The third-order valence-electron chi connectivity index (χ3n) is 3.00. The molecule has 1 aromatic carbocycles. The maximum absolute atomic E-state index is 11.1. The Morgan fingerprint density at radius 1 is 1.33 bits per heavy atom. The fourth-order valence-electron chi connectivity index (χ4n) is 2.03. The lowest BCUT2D eigenvalue weighted by molar-refractivity contribution is -0.385. The van der Waals surface area contributed by atoms with Crippen LogP contribution in [0.4, 0.5) is 5.69 Å². The van der Waals surface area contributed by atoms with Gasteiger partial charge in [-0.2, -0.15) is 5.26 Å². The van der Waals surface area contributed by atoms with Crippen LogP contribution in [0.3, 0.4) is 0 Å². The number of aromatic nitrogens is 1. The fraction of sp³-hybridized carbons (Fsp3) is 0.200. The highest BCUT2D eigenvalue weighted by molar-refractivity contribution is 5.56. The zero-order valence-electron chi connectivity index (χ0n) is 11.9. The van der Waals surface area contributed by atoms with Crippen LogP contribution < -0.4 is 4.74 Å². The van der Waals surface area contributed by atoms with Crippen LogP contribution in [-0.2, 0) is 0 Å². The van der Waals surface area contributed by atoms with Gasteiger partial charge in [-0.25, -0.2) is 0 Å². The van der Waals surface area contributed by atoms with Crippen molar-refractivity contribution in [1.29, 1.82) is 5.26 Å². The number of nitrogens with zero attached hydrogens (tertiary/aromatic N) is 3. The average Bonchev–Trinajstić information content (AvgIpc) is 2.40. The summed E-state index contributed by atoms with van der Waals surface area (Å²) in [6, 6.07) is 8.30. The van der Waals surface area contributed by atoms with E-state index in [0.29, 0.717) is 17.0 Å². The van der Waals surface area contributed by atoms with Crippen LogP contribution in [0.1, 0.15) is 22.5 Å². The summed E-state index contributed by atoms with van der Waals surface area (Å²) in [7, 11) is 0. The minimum atomic E-state index is -0.505. The van der Waals surface area contributed by atoms with Gasteiger partial charge in [-0.05, 0) is 26.3 Å². The summed E-state index contributed by atoms with van der Waals surface area (Å²) in [4.78, 5) is 14.8. The first-order chi connectivity index (χ1) is 9.93. The second kappa shape index (κ2) is 5.59. The minimum Gasteiger partial charge on any atom is -0.448 e. The SMILES string of the molecule is Cc1cc(Oc2c(C)cccc2[N+](=O)[O-])c(C#N)c(C)n1. The number of aryl methyl sites for hydroxylation is 3. The van der Waals surface area contributed by atoms with Gasteiger partial charge in [0.15, 0.2) is 0 Å². The van der Waals surface area contributed by atoms with Gasteiger partial charge in [-0.3, -0.25) is 15.1 Å². The lowest BCUT2D eigenvalue weighted by Gasteiger charge is -2.12. The highest BCUT2D eigenvalue weighted by atomic mass is 16.6. The molecule has 1 aromatic heterocycles. The van der Waals surface area contributed by atoms with Crippen molar-refractivity contribution < 1.29 is 9.66 Å². The number of hydrogen-bond acceptors (Lipinski definition) is 5. The summed E-state index contributed by atoms with van der Waals surface area (Å²) in [6.07, 6.45) is 0. The van der Waals surface area contributed by atoms with Gasteiger partial charge in [-0.1, -0.05) is 12.1 Å². The first-order valence-corrected chi connectivity index (χ1v) is 6.24. The van der Waals surface area contributed by atoms with Crippen LogP contribution in [0.5, 0.6) is 11.5 Å². The molecule has 2 aromatic rings. The molecule has 0 saturated heterocycles. The Morgan fingerprint density at radius 2 is 2.05 bits per heavy atom. The molecule has 0 N–H and O–H groups in total. The Labute approximate surface area is 121 Å². The molecule has 6 nitrogen and oxygen atoms in total. The molecule has 1 heterocycles. The molecule has 0 aliphatic heterocycles. The first-order valence-electron chi connectivity index (χ1n) is 6.24. The predicted molar refractivity (Wildman–Crippen MR) is 76.3 cm³/mol. The van der Waals surface area contributed by atoms with E-state index in [1.807, 2.05) is 6.07 Å². The third kappa shape index (κ3) is 2.82. The number of ether oxygens (including phenoxy) is 1. The topological polar surface area (TPSA) is 89.0 Å². The number of hydrogen-bond donors (Lipinski definition) is 0. The molecule has 0 aliphatic carbocycles. The first kappa shape index (κ1) is 14.5. The molecule has 106 valence electrons. The Hall–Kier alpha value is -2.94. The molecular weight excluding hydrogens is 270 g/mol. The van der Waals surface area contributed by atoms with Gasteiger partial charge in [0, 0.05) is 17.8 Å².